The minimum atomic E-state index is -0.277. The first-order valence-electron chi connectivity index (χ1n) is 5.53. The minimum Gasteiger partial charge on any atom is -0.508 e. The van der Waals surface area contributed by atoms with Crippen LogP contribution in [-0.2, 0) is 6.54 Å². The van der Waals surface area contributed by atoms with Gasteiger partial charge in [-0.15, -0.1) is 0 Å². The molecule has 0 saturated heterocycles. The van der Waals surface area contributed by atoms with Gasteiger partial charge in [-0.1, -0.05) is 12.1 Å². The van der Waals surface area contributed by atoms with Crippen LogP contribution in [0.5, 0.6) is 5.75 Å². The zero-order valence-electron chi connectivity index (χ0n) is 9.87. The summed E-state index contributed by atoms with van der Waals surface area (Å²) >= 11 is 3.11. The second kappa shape index (κ2) is 5.40. The first-order valence-corrected chi connectivity index (χ1v) is 6.33. The highest BCUT2D eigenvalue weighted by Gasteiger charge is 2.02. The average Bonchev–Trinajstić information content (AvgIpc) is 2.35. The highest BCUT2D eigenvalue weighted by atomic mass is 79.9. The third-order valence-corrected chi connectivity index (χ3v) is 3.33. The van der Waals surface area contributed by atoms with Crippen molar-refractivity contribution in [3.63, 3.8) is 0 Å². The van der Waals surface area contributed by atoms with Crippen LogP contribution in [0.4, 0.5) is 10.1 Å². The van der Waals surface area contributed by atoms with Gasteiger partial charge in [-0.25, -0.2) is 4.39 Å². The smallest absolute Gasteiger partial charge is 0.137 e. The second-order valence-corrected chi connectivity index (χ2v) is 4.96. The number of aryl methyl sites for hydroxylation is 1. The molecule has 4 heteroatoms. The van der Waals surface area contributed by atoms with Crippen LogP contribution < -0.4 is 5.32 Å². The van der Waals surface area contributed by atoms with Crippen molar-refractivity contribution in [1.82, 2.24) is 0 Å². The van der Waals surface area contributed by atoms with Crippen molar-refractivity contribution in [2.75, 3.05) is 5.32 Å². The van der Waals surface area contributed by atoms with Crippen LogP contribution in [0.25, 0.3) is 0 Å². The molecule has 0 aliphatic carbocycles. The maximum absolute atomic E-state index is 13.3. The van der Waals surface area contributed by atoms with Crippen molar-refractivity contribution < 1.29 is 9.50 Å². The maximum atomic E-state index is 13.3. The molecule has 0 amide bonds. The van der Waals surface area contributed by atoms with Crippen LogP contribution in [0, 0.1) is 12.7 Å². The molecule has 0 aromatic heterocycles. The highest BCUT2D eigenvalue weighted by molar-refractivity contribution is 9.10. The lowest BCUT2D eigenvalue weighted by Crippen LogP contribution is -1.99. The molecule has 94 valence electrons. The standard InChI is InChI=1S/C14H13BrFNO/c1-9-2-4-11(7-14(9)18)17-8-10-3-5-12(15)13(16)6-10/h2-7,17-18H,8H2,1H3. The van der Waals surface area contributed by atoms with Crippen LogP contribution in [0.3, 0.4) is 0 Å². The molecular weight excluding hydrogens is 297 g/mol. The van der Waals surface area contributed by atoms with Gasteiger partial charge in [0.25, 0.3) is 0 Å². The number of halogens is 2. The molecule has 0 aliphatic rings. The van der Waals surface area contributed by atoms with E-state index >= 15 is 0 Å². The molecule has 18 heavy (non-hydrogen) atoms. The Hall–Kier alpha value is -1.55. The predicted molar refractivity (Wildman–Crippen MR) is 74.3 cm³/mol. The van der Waals surface area contributed by atoms with Crippen molar-refractivity contribution in [2.24, 2.45) is 0 Å². The van der Waals surface area contributed by atoms with Gasteiger partial charge in [-0.3, -0.25) is 0 Å². The number of hydrogen-bond acceptors (Lipinski definition) is 2. The van der Waals surface area contributed by atoms with Gasteiger partial charge in [0.2, 0.25) is 0 Å². The molecule has 0 aliphatic heterocycles. The molecule has 0 unspecified atom stereocenters. The Morgan fingerprint density at radius 1 is 1.22 bits per heavy atom. The molecule has 0 fully saturated rings. The summed E-state index contributed by atoms with van der Waals surface area (Å²) in [5, 5.41) is 12.7. The Balaban J connectivity index is 2.06. The van der Waals surface area contributed by atoms with Crippen molar-refractivity contribution in [2.45, 2.75) is 13.5 Å². The summed E-state index contributed by atoms with van der Waals surface area (Å²) in [5.41, 5.74) is 2.48. The van der Waals surface area contributed by atoms with Gasteiger partial charge < -0.3 is 10.4 Å². The Bertz CT molecular complexity index is 520. The van der Waals surface area contributed by atoms with Crippen molar-refractivity contribution in [1.29, 1.82) is 0 Å². The molecule has 2 rings (SSSR count). The molecule has 0 saturated carbocycles. The second-order valence-electron chi connectivity index (χ2n) is 4.10. The summed E-state index contributed by atoms with van der Waals surface area (Å²) in [5.74, 6) is -0.0250. The largest absolute Gasteiger partial charge is 0.508 e. The Labute approximate surface area is 114 Å². The average molecular weight is 310 g/mol. The van der Waals surface area contributed by atoms with Gasteiger partial charge in [-0.05, 0) is 52.2 Å². The lowest BCUT2D eigenvalue weighted by Gasteiger charge is -2.08. The summed E-state index contributed by atoms with van der Waals surface area (Å²) in [7, 11) is 0. The normalized spacial score (nSPS) is 10.4. The van der Waals surface area contributed by atoms with E-state index in [4.69, 9.17) is 0 Å². The molecule has 0 atom stereocenters. The van der Waals surface area contributed by atoms with E-state index in [1.54, 1.807) is 12.1 Å². The monoisotopic (exact) mass is 309 g/mol. The fraction of sp³-hybridized carbons (Fsp3) is 0.143. The molecule has 2 aromatic carbocycles. The van der Waals surface area contributed by atoms with Gasteiger partial charge >= 0.3 is 0 Å². The molecule has 0 heterocycles. The van der Waals surface area contributed by atoms with E-state index in [9.17, 15) is 9.50 Å². The Kier molecular flexibility index (Phi) is 3.87. The van der Waals surface area contributed by atoms with E-state index in [0.29, 0.717) is 11.0 Å². The fourth-order valence-electron chi connectivity index (χ4n) is 1.57. The summed E-state index contributed by atoms with van der Waals surface area (Å²) in [6.45, 7) is 2.34. The molecule has 2 aromatic rings. The van der Waals surface area contributed by atoms with Gasteiger partial charge in [0.05, 0.1) is 4.47 Å². The van der Waals surface area contributed by atoms with Gasteiger partial charge in [0, 0.05) is 18.3 Å². The number of benzene rings is 2. The predicted octanol–water partition coefficient (Wildman–Crippen LogP) is 4.21. The zero-order valence-corrected chi connectivity index (χ0v) is 11.5. The van der Waals surface area contributed by atoms with Crippen molar-refractivity contribution in [3.05, 3.63) is 57.8 Å². The van der Waals surface area contributed by atoms with Crippen LogP contribution in [0.1, 0.15) is 11.1 Å². The number of aromatic hydroxyl groups is 1. The number of nitrogens with one attached hydrogen (secondary N) is 1. The van der Waals surface area contributed by atoms with E-state index < -0.39 is 0 Å². The van der Waals surface area contributed by atoms with Crippen LogP contribution in [0.2, 0.25) is 0 Å². The first-order chi connectivity index (χ1) is 8.56. The lowest BCUT2D eigenvalue weighted by molar-refractivity contribution is 0.471. The molecule has 0 bridgehead atoms. The SMILES string of the molecule is Cc1ccc(NCc2ccc(Br)c(F)c2)cc1O. The summed E-state index contributed by atoms with van der Waals surface area (Å²) in [6, 6.07) is 10.4. The topological polar surface area (TPSA) is 32.3 Å². The molecule has 2 nitrogen and oxygen atoms in total. The Morgan fingerprint density at radius 3 is 2.67 bits per heavy atom. The minimum absolute atomic E-state index is 0.252. The number of hydrogen-bond donors (Lipinski definition) is 2. The third-order valence-electron chi connectivity index (χ3n) is 2.69. The third kappa shape index (κ3) is 3.01. The van der Waals surface area contributed by atoms with Crippen molar-refractivity contribution in [3.8, 4) is 5.75 Å². The first kappa shape index (κ1) is 12.9. The zero-order chi connectivity index (χ0) is 13.1. The molecular formula is C14H13BrFNO. The highest BCUT2D eigenvalue weighted by Crippen LogP contribution is 2.22. The maximum Gasteiger partial charge on any atom is 0.137 e. The lowest BCUT2D eigenvalue weighted by atomic mass is 10.2. The van der Waals surface area contributed by atoms with Gasteiger partial charge in [0.1, 0.15) is 11.6 Å². The summed E-state index contributed by atoms with van der Waals surface area (Å²) in [6.07, 6.45) is 0. The van der Waals surface area contributed by atoms with E-state index in [1.165, 1.54) is 6.07 Å². The summed E-state index contributed by atoms with van der Waals surface area (Å²) in [4.78, 5) is 0. The van der Waals surface area contributed by atoms with Crippen LogP contribution in [0.15, 0.2) is 40.9 Å². The molecule has 0 radical (unpaired) electrons. The van der Waals surface area contributed by atoms with Crippen LogP contribution in [-0.4, -0.2) is 5.11 Å². The fourth-order valence-corrected chi connectivity index (χ4v) is 1.82. The number of phenolic OH excluding ortho intramolecular Hbond substituents is 1. The number of anilines is 1. The number of phenols is 1. The van der Waals surface area contributed by atoms with Gasteiger partial charge in [-0.2, -0.15) is 0 Å². The van der Waals surface area contributed by atoms with E-state index in [0.717, 1.165) is 16.8 Å². The van der Waals surface area contributed by atoms with E-state index in [-0.39, 0.29) is 11.6 Å². The Morgan fingerprint density at radius 2 is 2.00 bits per heavy atom. The van der Waals surface area contributed by atoms with Crippen LogP contribution >= 0.6 is 15.9 Å². The molecule has 2 N–H and O–H groups in total. The van der Waals surface area contributed by atoms with E-state index in [2.05, 4.69) is 21.2 Å². The van der Waals surface area contributed by atoms with E-state index in [1.807, 2.05) is 25.1 Å². The molecule has 0 spiro atoms. The van der Waals surface area contributed by atoms with Gasteiger partial charge in [0.15, 0.2) is 0 Å². The summed E-state index contributed by atoms with van der Waals surface area (Å²) < 4.78 is 13.8. The number of rotatable bonds is 3. The van der Waals surface area contributed by atoms with Crippen molar-refractivity contribution >= 4 is 21.6 Å². The quantitative estimate of drug-likeness (QED) is 0.890.